The molecule has 1 heteroatoms. The Morgan fingerprint density at radius 3 is 2.59 bits per heavy atom. The fourth-order valence-corrected chi connectivity index (χ4v) is 7.20. The Morgan fingerprint density at radius 2 is 1.71 bits per heavy atom. The van der Waals surface area contributed by atoms with Gasteiger partial charge in [0, 0.05) is 11.6 Å². The van der Waals surface area contributed by atoms with E-state index in [1.807, 2.05) is 0 Å². The van der Waals surface area contributed by atoms with Gasteiger partial charge in [0.2, 0.25) is 0 Å². The lowest BCUT2D eigenvalue weighted by molar-refractivity contribution is -0.0817. The third-order valence-electron chi connectivity index (χ3n) is 7.82. The van der Waals surface area contributed by atoms with Crippen LogP contribution >= 0.6 is 0 Å². The Balaban J connectivity index is 1.67. The van der Waals surface area contributed by atoms with E-state index < -0.39 is 0 Å². The number of hydrogen-bond acceptors (Lipinski definition) is 1. The van der Waals surface area contributed by atoms with E-state index >= 15 is 0 Å². The Hall–Kier alpha value is -0.0400. The van der Waals surface area contributed by atoms with Gasteiger partial charge in [-0.3, -0.25) is 0 Å². The average molecular weight is 231 g/mol. The fourth-order valence-electron chi connectivity index (χ4n) is 7.20. The van der Waals surface area contributed by atoms with Gasteiger partial charge in [0.05, 0.1) is 0 Å². The van der Waals surface area contributed by atoms with Crippen LogP contribution in [0.4, 0.5) is 0 Å². The second-order valence-electron chi connectivity index (χ2n) is 8.16. The molecular weight excluding hydrogens is 206 g/mol. The number of rotatable bonds is 0. The molecule has 0 aromatic carbocycles. The monoisotopic (exact) mass is 231 g/mol. The summed E-state index contributed by atoms with van der Waals surface area (Å²) in [6, 6.07) is 0.809. The summed E-state index contributed by atoms with van der Waals surface area (Å²) in [7, 11) is 0. The van der Waals surface area contributed by atoms with E-state index in [1.54, 1.807) is 32.1 Å². The van der Waals surface area contributed by atoms with Crippen molar-refractivity contribution in [3.8, 4) is 0 Å². The second kappa shape index (κ2) is 2.76. The van der Waals surface area contributed by atoms with Crippen LogP contribution < -0.4 is 5.32 Å². The summed E-state index contributed by atoms with van der Waals surface area (Å²) in [5.41, 5.74) is 0.605. The Labute approximate surface area is 105 Å². The van der Waals surface area contributed by atoms with Crippen LogP contribution in [0.1, 0.15) is 46.0 Å². The molecule has 3 bridgehead atoms. The molecule has 6 rings (SSSR count). The van der Waals surface area contributed by atoms with Gasteiger partial charge < -0.3 is 5.32 Å². The highest BCUT2D eigenvalue weighted by atomic mass is 15.1. The summed E-state index contributed by atoms with van der Waals surface area (Å²) in [5.74, 6) is 7.49. The molecule has 6 unspecified atom stereocenters. The number of nitrogens with one attached hydrogen (secondary N) is 1. The quantitative estimate of drug-likeness (QED) is 0.675. The molecule has 1 N–H and O–H groups in total. The third kappa shape index (κ3) is 0.926. The summed E-state index contributed by atoms with van der Waals surface area (Å²) in [4.78, 5) is 0. The fraction of sp³-hybridized carbons (Fsp3) is 1.00. The van der Waals surface area contributed by atoms with Gasteiger partial charge in [-0.1, -0.05) is 6.92 Å². The van der Waals surface area contributed by atoms with Gasteiger partial charge in [0.25, 0.3) is 0 Å². The molecule has 2 saturated heterocycles. The standard InChI is InChI=1S/C16H25N/c1-8-3-11-4-12-13(11)7-16-14(8)5-10(6-15(12)16)9(2)17-16/h8-15,17H,3-7H2,1-2H3/t8?,9?,10-,11-,12?,13?,14-,15?,16?/m0/s1. The van der Waals surface area contributed by atoms with Crippen molar-refractivity contribution < 1.29 is 0 Å². The minimum atomic E-state index is 0.605. The topological polar surface area (TPSA) is 12.0 Å². The summed E-state index contributed by atoms with van der Waals surface area (Å²) < 4.78 is 0. The van der Waals surface area contributed by atoms with Crippen LogP contribution in [0.3, 0.4) is 0 Å². The van der Waals surface area contributed by atoms with E-state index in [9.17, 15) is 0 Å². The summed E-state index contributed by atoms with van der Waals surface area (Å²) in [5, 5.41) is 4.15. The maximum absolute atomic E-state index is 4.15. The molecule has 1 spiro atoms. The van der Waals surface area contributed by atoms with Crippen molar-refractivity contribution in [2.75, 3.05) is 0 Å². The summed E-state index contributed by atoms with van der Waals surface area (Å²) in [6.07, 6.45) is 7.84. The molecule has 2 heterocycles. The van der Waals surface area contributed by atoms with Crippen molar-refractivity contribution >= 4 is 0 Å². The van der Waals surface area contributed by atoms with Crippen LogP contribution in [0.25, 0.3) is 0 Å². The number of piperidine rings is 2. The van der Waals surface area contributed by atoms with Gasteiger partial charge in [-0.15, -0.1) is 0 Å². The van der Waals surface area contributed by atoms with Gasteiger partial charge in [0.15, 0.2) is 0 Å². The first-order chi connectivity index (χ1) is 8.19. The minimum Gasteiger partial charge on any atom is -0.308 e. The molecule has 0 amide bonds. The van der Waals surface area contributed by atoms with Crippen molar-refractivity contribution in [2.45, 2.75) is 57.5 Å². The van der Waals surface area contributed by atoms with E-state index in [1.165, 1.54) is 0 Å². The lowest BCUT2D eigenvalue weighted by Crippen LogP contribution is -2.69. The molecule has 0 aromatic heterocycles. The van der Waals surface area contributed by atoms with Gasteiger partial charge in [-0.2, -0.15) is 0 Å². The second-order valence-corrected chi connectivity index (χ2v) is 8.16. The zero-order chi connectivity index (χ0) is 11.4. The van der Waals surface area contributed by atoms with Crippen LogP contribution in [-0.2, 0) is 0 Å². The highest BCUT2D eigenvalue weighted by Crippen LogP contribution is 2.70. The summed E-state index contributed by atoms with van der Waals surface area (Å²) >= 11 is 0. The van der Waals surface area contributed by atoms with Crippen LogP contribution in [0.5, 0.6) is 0 Å². The van der Waals surface area contributed by atoms with E-state index in [0.717, 1.165) is 47.5 Å². The van der Waals surface area contributed by atoms with Crippen LogP contribution in [0.2, 0.25) is 0 Å². The molecule has 2 aliphatic heterocycles. The van der Waals surface area contributed by atoms with E-state index in [0.29, 0.717) is 5.54 Å². The predicted molar refractivity (Wildman–Crippen MR) is 68.5 cm³/mol. The molecular formula is C16H25N. The Bertz CT molecular complexity index is 378. The number of fused-ring (bicyclic) bond motifs is 1. The molecule has 94 valence electrons. The van der Waals surface area contributed by atoms with Crippen molar-refractivity contribution in [1.29, 1.82) is 0 Å². The van der Waals surface area contributed by atoms with Crippen LogP contribution in [-0.4, -0.2) is 11.6 Å². The molecule has 0 aromatic rings. The first-order valence-corrected chi connectivity index (χ1v) is 7.97. The lowest BCUT2D eigenvalue weighted by atomic mass is 9.50. The van der Waals surface area contributed by atoms with Gasteiger partial charge >= 0.3 is 0 Å². The molecule has 9 atom stereocenters. The maximum Gasteiger partial charge on any atom is 0.0248 e. The highest BCUT2D eigenvalue weighted by Gasteiger charge is 2.69. The molecule has 4 saturated carbocycles. The predicted octanol–water partition coefficient (Wildman–Crippen LogP) is 3.06. The van der Waals surface area contributed by atoms with Gasteiger partial charge in [0.1, 0.15) is 0 Å². The Kier molecular flexibility index (Phi) is 1.60. The van der Waals surface area contributed by atoms with Crippen molar-refractivity contribution in [2.24, 2.45) is 41.4 Å². The van der Waals surface area contributed by atoms with E-state index in [4.69, 9.17) is 0 Å². The molecule has 17 heavy (non-hydrogen) atoms. The molecule has 1 nitrogen and oxygen atoms in total. The minimum absolute atomic E-state index is 0.605. The van der Waals surface area contributed by atoms with Crippen molar-refractivity contribution in [1.82, 2.24) is 5.32 Å². The van der Waals surface area contributed by atoms with Gasteiger partial charge in [-0.05, 0) is 80.5 Å². The lowest BCUT2D eigenvalue weighted by Gasteiger charge is -2.62. The molecule has 6 aliphatic rings. The van der Waals surface area contributed by atoms with Crippen LogP contribution in [0, 0.1) is 41.4 Å². The van der Waals surface area contributed by atoms with Crippen molar-refractivity contribution in [3.05, 3.63) is 0 Å². The van der Waals surface area contributed by atoms with E-state index in [2.05, 4.69) is 19.2 Å². The zero-order valence-electron chi connectivity index (χ0n) is 11.2. The summed E-state index contributed by atoms with van der Waals surface area (Å²) in [6.45, 7) is 5.02. The van der Waals surface area contributed by atoms with Gasteiger partial charge in [-0.25, -0.2) is 0 Å². The van der Waals surface area contributed by atoms with Crippen molar-refractivity contribution in [3.63, 3.8) is 0 Å². The maximum atomic E-state index is 4.15. The normalized spacial score (nSPS) is 70.9. The first-order valence-electron chi connectivity index (χ1n) is 7.97. The highest BCUT2D eigenvalue weighted by molar-refractivity contribution is 5.23. The number of hydrogen-bond donors (Lipinski definition) is 1. The smallest absolute Gasteiger partial charge is 0.0248 e. The SMILES string of the molecule is CC1NC23CC4C5C[C@@H]4CC(C)[C@@H]2C[C@H]1CC53. The molecule has 6 fully saturated rings. The largest absolute Gasteiger partial charge is 0.308 e. The van der Waals surface area contributed by atoms with E-state index in [-0.39, 0.29) is 0 Å². The average Bonchev–Trinajstić information content (AvgIpc) is 2.51. The van der Waals surface area contributed by atoms with Crippen LogP contribution in [0.15, 0.2) is 0 Å². The third-order valence-corrected chi connectivity index (χ3v) is 7.82. The molecule has 0 radical (unpaired) electrons. The first kappa shape index (κ1) is 9.83. The molecule has 4 aliphatic carbocycles. The Morgan fingerprint density at radius 1 is 0.882 bits per heavy atom. The zero-order valence-corrected chi connectivity index (χ0v) is 11.2.